The first-order valence-corrected chi connectivity index (χ1v) is 9.57. The number of hydrogen-bond acceptors (Lipinski definition) is 4. The Balaban J connectivity index is 1.68. The largest absolute Gasteiger partial charge is 0.486 e. The summed E-state index contributed by atoms with van der Waals surface area (Å²) in [6.07, 6.45) is 2.15. The molecule has 0 radical (unpaired) electrons. The Morgan fingerprint density at radius 3 is 2.62 bits per heavy atom. The van der Waals surface area contributed by atoms with Gasteiger partial charge in [-0.3, -0.25) is 4.79 Å². The Labute approximate surface area is 157 Å². The Morgan fingerprint density at radius 1 is 1.15 bits per heavy atom. The average molecular weight is 366 g/mol. The standard InChI is InChI=1S/C21H22N2O2S/c1-3-6-16-9-11-17(12-10-16)23-21(24)19-7-4-5-8-20(19)25-13-18-14-26-15(2)22-18/h4-5,7-12,14H,3,6,13H2,1-2H3,(H,23,24). The van der Waals surface area contributed by atoms with Crippen molar-refractivity contribution in [3.8, 4) is 5.75 Å². The SMILES string of the molecule is CCCc1ccc(NC(=O)c2ccccc2OCc2csc(C)n2)cc1. The Kier molecular flexibility index (Phi) is 6.02. The molecule has 0 aliphatic heterocycles. The van der Waals surface area contributed by atoms with E-state index < -0.39 is 0 Å². The first kappa shape index (κ1) is 18.1. The van der Waals surface area contributed by atoms with Crippen molar-refractivity contribution in [1.82, 2.24) is 4.98 Å². The number of carbonyl (C=O) groups excluding carboxylic acids is 1. The van der Waals surface area contributed by atoms with E-state index in [0.29, 0.717) is 17.9 Å². The van der Waals surface area contributed by atoms with E-state index in [9.17, 15) is 4.79 Å². The summed E-state index contributed by atoms with van der Waals surface area (Å²) in [5.74, 6) is 0.372. The Hall–Kier alpha value is -2.66. The number of thiazole rings is 1. The molecule has 0 atom stereocenters. The summed E-state index contributed by atoms with van der Waals surface area (Å²) in [6, 6.07) is 15.2. The molecule has 2 aromatic carbocycles. The highest BCUT2D eigenvalue weighted by Gasteiger charge is 2.13. The topological polar surface area (TPSA) is 51.2 Å². The van der Waals surface area contributed by atoms with Gasteiger partial charge in [-0.05, 0) is 43.2 Å². The van der Waals surface area contributed by atoms with Crippen molar-refractivity contribution in [1.29, 1.82) is 0 Å². The summed E-state index contributed by atoms with van der Waals surface area (Å²) in [6.45, 7) is 4.46. The van der Waals surface area contributed by atoms with Crippen LogP contribution in [0.25, 0.3) is 0 Å². The molecule has 3 rings (SSSR count). The molecule has 1 N–H and O–H groups in total. The Bertz CT molecular complexity index is 872. The summed E-state index contributed by atoms with van der Waals surface area (Å²) >= 11 is 1.59. The van der Waals surface area contributed by atoms with Gasteiger partial charge in [0.05, 0.1) is 16.3 Å². The molecule has 1 heterocycles. The third-order valence-corrected chi connectivity index (χ3v) is 4.75. The van der Waals surface area contributed by atoms with Crippen LogP contribution < -0.4 is 10.1 Å². The predicted molar refractivity (Wildman–Crippen MR) is 106 cm³/mol. The van der Waals surface area contributed by atoms with Gasteiger partial charge in [-0.15, -0.1) is 11.3 Å². The number of para-hydroxylation sites is 1. The summed E-state index contributed by atoms with van der Waals surface area (Å²) < 4.78 is 5.83. The van der Waals surface area contributed by atoms with Crippen molar-refractivity contribution in [3.63, 3.8) is 0 Å². The fourth-order valence-corrected chi connectivity index (χ4v) is 3.25. The number of rotatable bonds is 7. The van der Waals surface area contributed by atoms with Crippen molar-refractivity contribution in [3.05, 3.63) is 75.7 Å². The third-order valence-electron chi connectivity index (χ3n) is 3.92. The van der Waals surface area contributed by atoms with Crippen LogP contribution in [-0.4, -0.2) is 10.9 Å². The van der Waals surface area contributed by atoms with Gasteiger partial charge in [0.25, 0.3) is 5.91 Å². The third kappa shape index (κ3) is 4.70. The second kappa shape index (κ2) is 8.63. The number of aromatic nitrogens is 1. The molecule has 0 spiro atoms. The van der Waals surface area contributed by atoms with Crippen LogP contribution in [0.2, 0.25) is 0 Å². The number of amides is 1. The summed E-state index contributed by atoms with van der Waals surface area (Å²) in [5, 5.41) is 5.91. The van der Waals surface area contributed by atoms with E-state index in [1.165, 1.54) is 5.56 Å². The van der Waals surface area contributed by atoms with Crippen LogP contribution in [-0.2, 0) is 13.0 Å². The average Bonchev–Trinajstić information content (AvgIpc) is 3.07. The summed E-state index contributed by atoms with van der Waals surface area (Å²) in [5.41, 5.74) is 3.43. The van der Waals surface area contributed by atoms with Crippen LogP contribution in [0.4, 0.5) is 5.69 Å². The van der Waals surface area contributed by atoms with Gasteiger partial charge in [-0.25, -0.2) is 4.98 Å². The molecule has 0 aliphatic carbocycles. The quantitative estimate of drug-likeness (QED) is 0.622. The normalized spacial score (nSPS) is 10.5. The second-order valence-corrected chi connectivity index (χ2v) is 7.11. The lowest BCUT2D eigenvalue weighted by molar-refractivity contribution is 0.102. The Morgan fingerprint density at radius 2 is 1.92 bits per heavy atom. The number of anilines is 1. The molecule has 26 heavy (non-hydrogen) atoms. The molecule has 0 saturated carbocycles. The van der Waals surface area contributed by atoms with Crippen molar-refractivity contribution >= 4 is 22.9 Å². The van der Waals surface area contributed by atoms with E-state index in [0.717, 1.165) is 29.2 Å². The van der Waals surface area contributed by atoms with Crippen LogP contribution in [0.15, 0.2) is 53.9 Å². The number of benzene rings is 2. The van der Waals surface area contributed by atoms with Gasteiger partial charge in [0.15, 0.2) is 0 Å². The first-order valence-electron chi connectivity index (χ1n) is 8.69. The van der Waals surface area contributed by atoms with Crippen molar-refractivity contribution in [2.75, 3.05) is 5.32 Å². The minimum atomic E-state index is -0.182. The lowest BCUT2D eigenvalue weighted by atomic mass is 10.1. The number of nitrogens with zero attached hydrogens (tertiary/aromatic N) is 1. The maximum atomic E-state index is 12.7. The fourth-order valence-electron chi connectivity index (χ4n) is 2.65. The fraction of sp³-hybridized carbons (Fsp3) is 0.238. The number of aryl methyl sites for hydroxylation is 2. The molecule has 0 fully saturated rings. The summed E-state index contributed by atoms with van der Waals surface area (Å²) in [7, 11) is 0. The maximum absolute atomic E-state index is 12.7. The molecule has 134 valence electrons. The van der Waals surface area contributed by atoms with Gasteiger partial charge >= 0.3 is 0 Å². The minimum Gasteiger partial charge on any atom is -0.486 e. The van der Waals surface area contributed by atoms with Crippen LogP contribution in [0.5, 0.6) is 5.75 Å². The van der Waals surface area contributed by atoms with Gasteiger partial charge in [0.2, 0.25) is 0 Å². The zero-order valence-corrected chi connectivity index (χ0v) is 15.8. The van der Waals surface area contributed by atoms with Crippen molar-refractivity contribution < 1.29 is 9.53 Å². The number of carbonyl (C=O) groups is 1. The van der Waals surface area contributed by atoms with E-state index in [-0.39, 0.29) is 5.91 Å². The van der Waals surface area contributed by atoms with Crippen LogP contribution in [0.3, 0.4) is 0 Å². The monoisotopic (exact) mass is 366 g/mol. The molecule has 0 bridgehead atoms. The van der Waals surface area contributed by atoms with Gasteiger partial charge < -0.3 is 10.1 Å². The molecule has 0 aliphatic rings. The van der Waals surface area contributed by atoms with Crippen LogP contribution in [0, 0.1) is 6.92 Å². The highest BCUT2D eigenvalue weighted by Crippen LogP contribution is 2.22. The summed E-state index contributed by atoms with van der Waals surface area (Å²) in [4.78, 5) is 17.0. The first-order chi connectivity index (χ1) is 12.7. The van der Waals surface area contributed by atoms with Gasteiger partial charge in [-0.2, -0.15) is 0 Å². The van der Waals surface area contributed by atoms with Crippen LogP contribution >= 0.6 is 11.3 Å². The van der Waals surface area contributed by atoms with Crippen molar-refractivity contribution in [2.24, 2.45) is 0 Å². The van der Waals surface area contributed by atoms with E-state index in [2.05, 4.69) is 17.2 Å². The van der Waals surface area contributed by atoms with Gasteiger partial charge in [0.1, 0.15) is 12.4 Å². The smallest absolute Gasteiger partial charge is 0.259 e. The van der Waals surface area contributed by atoms with E-state index in [4.69, 9.17) is 4.74 Å². The zero-order valence-electron chi connectivity index (χ0n) is 15.0. The molecular formula is C21H22N2O2S. The zero-order chi connectivity index (χ0) is 18.4. The number of ether oxygens (including phenoxy) is 1. The highest BCUT2D eigenvalue weighted by molar-refractivity contribution is 7.09. The van der Waals surface area contributed by atoms with Crippen LogP contribution in [0.1, 0.15) is 40.0 Å². The molecular weight excluding hydrogens is 344 g/mol. The molecule has 0 unspecified atom stereocenters. The predicted octanol–water partition coefficient (Wildman–Crippen LogP) is 5.24. The minimum absolute atomic E-state index is 0.182. The van der Waals surface area contributed by atoms with Crippen molar-refractivity contribution in [2.45, 2.75) is 33.3 Å². The lowest BCUT2D eigenvalue weighted by Gasteiger charge is -2.11. The highest BCUT2D eigenvalue weighted by atomic mass is 32.1. The lowest BCUT2D eigenvalue weighted by Crippen LogP contribution is -2.13. The van der Waals surface area contributed by atoms with Gasteiger partial charge in [0, 0.05) is 11.1 Å². The molecule has 5 heteroatoms. The van der Waals surface area contributed by atoms with Gasteiger partial charge in [-0.1, -0.05) is 37.6 Å². The second-order valence-electron chi connectivity index (χ2n) is 6.04. The molecule has 4 nitrogen and oxygen atoms in total. The maximum Gasteiger partial charge on any atom is 0.259 e. The molecule has 0 saturated heterocycles. The van der Waals surface area contributed by atoms with E-state index in [1.54, 1.807) is 23.5 Å². The van der Waals surface area contributed by atoms with E-state index >= 15 is 0 Å². The molecule has 1 amide bonds. The number of nitrogens with one attached hydrogen (secondary N) is 1. The molecule has 3 aromatic rings. The van der Waals surface area contributed by atoms with E-state index in [1.807, 2.05) is 48.7 Å². The number of hydrogen-bond donors (Lipinski definition) is 1. The molecule has 1 aromatic heterocycles.